The molecule has 0 saturated heterocycles. The number of aryl methyl sites for hydroxylation is 1. The molecule has 1 atom stereocenters. The highest BCUT2D eigenvalue weighted by Gasteiger charge is 2.15. The van der Waals surface area contributed by atoms with E-state index in [0.29, 0.717) is 0 Å². The standard InChI is InChI=1S/C14H11ClF2/c1-9-2-4-10(5-3-9)14(15)12-7-6-11(16)8-13(12)17/h2-8,14H,1H3. The second-order valence-corrected chi connectivity index (χ2v) is 4.38. The molecular formula is C14H11ClF2. The highest BCUT2D eigenvalue weighted by Crippen LogP contribution is 2.30. The van der Waals surface area contributed by atoms with Crippen LogP contribution < -0.4 is 0 Å². The van der Waals surface area contributed by atoms with Gasteiger partial charge in [-0.25, -0.2) is 8.78 Å². The van der Waals surface area contributed by atoms with Crippen molar-refractivity contribution in [2.45, 2.75) is 12.3 Å². The summed E-state index contributed by atoms with van der Waals surface area (Å²) in [4.78, 5) is 0. The molecule has 0 fully saturated rings. The van der Waals surface area contributed by atoms with Crippen LogP contribution in [0, 0.1) is 18.6 Å². The highest BCUT2D eigenvalue weighted by atomic mass is 35.5. The van der Waals surface area contributed by atoms with Crippen LogP contribution in [0.1, 0.15) is 22.1 Å². The third-order valence-corrected chi connectivity index (χ3v) is 3.09. The van der Waals surface area contributed by atoms with E-state index >= 15 is 0 Å². The van der Waals surface area contributed by atoms with Gasteiger partial charge in [-0.3, -0.25) is 0 Å². The highest BCUT2D eigenvalue weighted by molar-refractivity contribution is 6.22. The van der Waals surface area contributed by atoms with Gasteiger partial charge in [0.05, 0.1) is 5.38 Å². The van der Waals surface area contributed by atoms with Gasteiger partial charge in [-0.2, -0.15) is 0 Å². The fraction of sp³-hybridized carbons (Fsp3) is 0.143. The normalized spacial score (nSPS) is 12.5. The van der Waals surface area contributed by atoms with Crippen LogP contribution in [-0.2, 0) is 0 Å². The Morgan fingerprint density at radius 3 is 2.24 bits per heavy atom. The topological polar surface area (TPSA) is 0 Å². The van der Waals surface area contributed by atoms with Crippen molar-refractivity contribution in [3.8, 4) is 0 Å². The molecule has 0 aliphatic carbocycles. The Bertz CT molecular complexity index is 520. The van der Waals surface area contributed by atoms with Crippen molar-refractivity contribution in [1.82, 2.24) is 0 Å². The number of rotatable bonds is 2. The van der Waals surface area contributed by atoms with E-state index in [1.165, 1.54) is 12.1 Å². The van der Waals surface area contributed by atoms with Crippen LogP contribution in [0.2, 0.25) is 0 Å². The maximum absolute atomic E-state index is 13.5. The summed E-state index contributed by atoms with van der Waals surface area (Å²) in [7, 11) is 0. The molecule has 3 heteroatoms. The first kappa shape index (κ1) is 12.1. The fourth-order valence-electron chi connectivity index (χ4n) is 1.62. The SMILES string of the molecule is Cc1ccc(C(Cl)c2ccc(F)cc2F)cc1. The summed E-state index contributed by atoms with van der Waals surface area (Å²) >= 11 is 6.18. The van der Waals surface area contributed by atoms with Crippen molar-refractivity contribution < 1.29 is 8.78 Å². The molecular weight excluding hydrogens is 242 g/mol. The van der Waals surface area contributed by atoms with Crippen LogP contribution in [0.4, 0.5) is 8.78 Å². The number of halogens is 3. The number of hydrogen-bond donors (Lipinski definition) is 0. The van der Waals surface area contributed by atoms with E-state index in [9.17, 15) is 8.78 Å². The first-order valence-electron chi connectivity index (χ1n) is 5.23. The maximum Gasteiger partial charge on any atom is 0.131 e. The lowest BCUT2D eigenvalue weighted by Crippen LogP contribution is -1.97. The summed E-state index contributed by atoms with van der Waals surface area (Å²) in [6, 6.07) is 10.9. The zero-order chi connectivity index (χ0) is 12.4. The summed E-state index contributed by atoms with van der Waals surface area (Å²) < 4.78 is 26.3. The Morgan fingerprint density at radius 1 is 1.00 bits per heavy atom. The fourth-order valence-corrected chi connectivity index (χ4v) is 1.94. The van der Waals surface area contributed by atoms with Gasteiger partial charge in [-0.1, -0.05) is 35.9 Å². The molecule has 0 aliphatic heterocycles. The van der Waals surface area contributed by atoms with Gasteiger partial charge in [-0.15, -0.1) is 11.6 Å². The van der Waals surface area contributed by atoms with E-state index in [1.807, 2.05) is 31.2 Å². The Balaban J connectivity index is 2.36. The van der Waals surface area contributed by atoms with Gasteiger partial charge in [0, 0.05) is 11.6 Å². The molecule has 0 amide bonds. The molecule has 1 unspecified atom stereocenters. The van der Waals surface area contributed by atoms with Crippen LogP contribution in [0.15, 0.2) is 42.5 Å². The molecule has 0 radical (unpaired) electrons. The molecule has 2 aromatic rings. The van der Waals surface area contributed by atoms with Gasteiger partial charge in [0.2, 0.25) is 0 Å². The molecule has 2 aromatic carbocycles. The van der Waals surface area contributed by atoms with E-state index in [4.69, 9.17) is 11.6 Å². The van der Waals surface area contributed by atoms with E-state index in [1.54, 1.807) is 0 Å². The number of benzene rings is 2. The Labute approximate surface area is 104 Å². The molecule has 0 aromatic heterocycles. The summed E-state index contributed by atoms with van der Waals surface area (Å²) in [6.45, 7) is 1.96. The van der Waals surface area contributed by atoms with Crippen molar-refractivity contribution in [1.29, 1.82) is 0 Å². The van der Waals surface area contributed by atoms with Gasteiger partial charge in [0.25, 0.3) is 0 Å². The van der Waals surface area contributed by atoms with Gasteiger partial charge < -0.3 is 0 Å². The smallest absolute Gasteiger partial charge is 0.131 e. The van der Waals surface area contributed by atoms with Crippen molar-refractivity contribution in [2.24, 2.45) is 0 Å². The molecule has 0 aliphatic rings. The minimum atomic E-state index is -0.620. The van der Waals surface area contributed by atoms with Crippen molar-refractivity contribution in [3.05, 3.63) is 70.8 Å². The van der Waals surface area contributed by atoms with Crippen molar-refractivity contribution in [2.75, 3.05) is 0 Å². The monoisotopic (exact) mass is 252 g/mol. The summed E-state index contributed by atoms with van der Waals surface area (Å²) in [5.74, 6) is -1.22. The average Bonchev–Trinajstić information content (AvgIpc) is 2.29. The first-order valence-corrected chi connectivity index (χ1v) is 5.67. The Hall–Kier alpha value is -1.41. The molecule has 0 heterocycles. The number of hydrogen-bond acceptors (Lipinski definition) is 0. The zero-order valence-corrected chi connectivity index (χ0v) is 10.0. The predicted octanol–water partition coefficient (Wildman–Crippen LogP) is 4.60. The van der Waals surface area contributed by atoms with E-state index in [-0.39, 0.29) is 5.56 Å². The molecule has 0 nitrogen and oxygen atoms in total. The molecule has 88 valence electrons. The minimum Gasteiger partial charge on any atom is -0.207 e. The van der Waals surface area contributed by atoms with Crippen LogP contribution >= 0.6 is 11.6 Å². The average molecular weight is 253 g/mol. The lowest BCUT2D eigenvalue weighted by molar-refractivity contribution is 0.573. The van der Waals surface area contributed by atoms with Crippen molar-refractivity contribution in [3.63, 3.8) is 0 Å². The summed E-state index contributed by atoms with van der Waals surface area (Å²) in [5.41, 5.74) is 2.19. The molecule has 0 N–H and O–H groups in total. The van der Waals surface area contributed by atoms with Gasteiger partial charge in [0.15, 0.2) is 0 Å². The summed E-state index contributed by atoms with van der Waals surface area (Å²) in [5, 5.41) is -0.601. The third kappa shape index (κ3) is 2.64. The minimum absolute atomic E-state index is 0.289. The van der Waals surface area contributed by atoms with Gasteiger partial charge >= 0.3 is 0 Å². The molecule has 17 heavy (non-hydrogen) atoms. The molecule has 2 rings (SSSR count). The van der Waals surface area contributed by atoms with Gasteiger partial charge in [0.1, 0.15) is 11.6 Å². The lowest BCUT2D eigenvalue weighted by atomic mass is 10.0. The van der Waals surface area contributed by atoms with E-state index in [0.717, 1.165) is 17.2 Å². The molecule has 0 bridgehead atoms. The Kier molecular flexibility index (Phi) is 3.43. The maximum atomic E-state index is 13.5. The Morgan fingerprint density at radius 2 is 1.65 bits per heavy atom. The molecule has 0 saturated carbocycles. The van der Waals surface area contributed by atoms with Crippen LogP contribution in [0.5, 0.6) is 0 Å². The first-order chi connectivity index (χ1) is 8.08. The second-order valence-electron chi connectivity index (χ2n) is 3.94. The second kappa shape index (κ2) is 4.84. The predicted molar refractivity (Wildman–Crippen MR) is 65.2 cm³/mol. The van der Waals surface area contributed by atoms with Crippen LogP contribution in [-0.4, -0.2) is 0 Å². The van der Waals surface area contributed by atoms with E-state index < -0.39 is 17.0 Å². The van der Waals surface area contributed by atoms with Crippen LogP contribution in [0.25, 0.3) is 0 Å². The third-order valence-electron chi connectivity index (χ3n) is 2.61. The molecule has 0 spiro atoms. The lowest BCUT2D eigenvalue weighted by Gasteiger charge is -2.11. The van der Waals surface area contributed by atoms with Crippen molar-refractivity contribution >= 4 is 11.6 Å². The number of alkyl halides is 1. The van der Waals surface area contributed by atoms with Gasteiger partial charge in [-0.05, 0) is 18.6 Å². The largest absolute Gasteiger partial charge is 0.207 e. The summed E-state index contributed by atoms with van der Waals surface area (Å²) in [6.07, 6.45) is 0. The van der Waals surface area contributed by atoms with Crippen LogP contribution in [0.3, 0.4) is 0 Å². The zero-order valence-electron chi connectivity index (χ0n) is 9.25. The quantitative estimate of drug-likeness (QED) is 0.685. The van der Waals surface area contributed by atoms with E-state index in [2.05, 4.69) is 0 Å².